The molecule has 2 heterocycles. The lowest BCUT2D eigenvalue weighted by Gasteiger charge is -2.28. The Balaban J connectivity index is 1.82. The molecule has 0 saturated carbocycles. The maximum absolute atomic E-state index is 12.4. The summed E-state index contributed by atoms with van der Waals surface area (Å²) in [6.45, 7) is 1.57. The molecule has 0 saturated heterocycles. The molecule has 0 radical (unpaired) electrons. The van der Waals surface area contributed by atoms with Crippen LogP contribution in [0.15, 0.2) is 47.6 Å². The zero-order chi connectivity index (χ0) is 15.6. The molecule has 22 heavy (non-hydrogen) atoms. The zero-order valence-corrected chi connectivity index (χ0v) is 13.0. The predicted octanol–water partition coefficient (Wildman–Crippen LogP) is 1.39. The Labute approximate surface area is 129 Å². The molecule has 1 aliphatic rings. The third-order valence-corrected chi connectivity index (χ3v) is 4.95. The van der Waals surface area contributed by atoms with E-state index in [0.717, 1.165) is 17.8 Å². The van der Waals surface area contributed by atoms with Crippen molar-refractivity contribution in [2.24, 2.45) is 0 Å². The number of sulfonamides is 1. The topological polar surface area (TPSA) is 71.5 Å². The first-order valence-electron chi connectivity index (χ1n) is 6.93. The third kappa shape index (κ3) is 3.05. The van der Waals surface area contributed by atoms with Crippen LogP contribution in [0.1, 0.15) is 5.56 Å². The lowest BCUT2D eigenvalue weighted by atomic mass is 10.2. The Bertz CT molecular complexity index is 763. The highest BCUT2D eigenvalue weighted by Crippen LogP contribution is 2.32. The van der Waals surface area contributed by atoms with Crippen LogP contribution in [0.25, 0.3) is 0 Å². The minimum Gasteiger partial charge on any atom is -0.490 e. The van der Waals surface area contributed by atoms with Gasteiger partial charge in [0.05, 0.1) is 17.1 Å². The van der Waals surface area contributed by atoms with Crippen molar-refractivity contribution in [1.29, 1.82) is 0 Å². The number of hydrogen-bond acceptors (Lipinski definition) is 5. The van der Waals surface area contributed by atoms with Crippen LogP contribution in [0.3, 0.4) is 0 Å². The third-order valence-electron chi connectivity index (χ3n) is 3.55. The van der Waals surface area contributed by atoms with Crippen LogP contribution in [0.5, 0.6) is 5.75 Å². The van der Waals surface area contributed by atoms with E-state index in [2.05, 4.69) is 9.71 Å². The van der Waals surface area contributed by atoms with Crippen LogP contribution >= 0.6 is 0 Å². The second-order valence-electron chi connectivity index (χ2n) is 5.08. The van der Waals surface area contributed by atoms with Gasteiger partial charge in [0.1, 0.15) is 12.4 Å². The van der Waals surface area contributed by atoms with Crippen molar-refractivity contribution in [3.8, 4) is 5.75 Å². The average molecular weight is 319 g/mol. The monoisotopic (exact) mass is 319 g/mol. The van der Waals surface area contributed by atoms with Crippen molar-refractivity contribution in [2.45, 2.75) is 11.4 Å². The summed E-state index contributed by atoms with van der Waals surface area (Å²) in [6.07, 6.45) is 3.27. The van der Waals surface area contributed by atoms with Gasteiger partial charge in [0, 0.05) is 26.0 Å². The van der Waals surface area contributed by atoms with Gasteiger partial charge in [-0.1, -0.05) is 0 Å². The molecule has 0 spiro atoms. The Kier molecular flexibility index (Phi) is 4.00. The molecule has 0 unspecified atom stereocenters. The second-order valence-corrected chi connectivity index (χ2v) is 6.85. The highest BCUT2D eigenvalue weighted by Gasteiger charge is 2.20. The highest BCUT2D eigenvalue weighted by atomic mass is 32.2. The number of fused-ring (bicyclic) bond motifs is 1. The first kappa shape index (κ1) is 14.8. The largest absolute Gasteiger partial charge is 0.490 e. The molecule has 3 rings (SSSR count). The number of nitrogens with one attached hydrogen (secondary N) is 1. The lowest BCUT2D eigenvalue weighted by molar-refractivity contribution is 0.311. The second kappa shape index (κ2) is 5.94. The van der Waals surface area contributed by atoms with Crippen LogP contribution in [0, 0.1) is 0 Å². The number of rotatable bonds is 4. The molecule has 1 aromatic carbocycles. The predicted molar refractivity (Wildman–Crippen MR) is 83.5 cm³/mol. The Morgan fingerprint density at radius 1 is 1.27 bits per heavy atom. The lowest BCUT2D eigenvalue weighted by Crippen LogP contribution is -2.29. The van der Waals surface area contributed by atoms with Gasteiger partial charge in [0.15, 0.2) is 0 Å². The summed E-state index contributed by atoms with van der Waals surface area (Å²) in [5.74, 6) is 0.710. The number of ether oxygens (including phenoxy) is 1. The summed E-state index contributed by atoms with van der Waals surface area (Å²) in [6, 6.07) is 8.45. The van der Waals surface area contributed by atoms with Gasteiger partial charge in [-0.15, -0.1) is 0 Å². The van der Waals surface area contributed by atoms with Gasteiger partial charge in [0.2, 0.25) is 10.0 Å². The van der Waals surface area contributed by atoms with Crippen LogP contribution in [-0.4, -0.2) is 33.6 Å². The first-order valence-corrected chi connectivity index (χ1v) is 8.41. The molecule has 1 N–H and O–H groups in total. The van der Waals surface area contributed by atoms with E-state index in [9.17, 15) is 8.42 Å². The van der Waals surface area contributed by atoms with E-state index in [-0.39, 0.29) is 11.4 Å². The number of aromatic nitrogens is 1. The molecular weight excluding hydrogens is 302 g/mol. The Morgan fingerprint density at radius 2 is 2.05 bits per heavy atom. The minimum absolute atomic E-state index is 0.230. The van der Waals surface area contributed by atoms with Crippen molar-refractivity contribution in [3.63, 3.8) is 0 Å². The Morgan fingerprint density at radius 3 is 2.82 bits per heavy atom. The molecule has 1 aromatic heterocycles. The molecule has 6 nitrogen and oxygen atoms in total. The molecule has 0 bridgehead atoms. The molecular formula is C15H17N3O3S. The number of nitrogens with zero attached hydrogens (tertiary/aromatic N) is 2. The van der Waals surface area contributed by atoms with E-state index >= 15 is 0 Å². The molecule has 0 amide bonds. The fraction of sp³-hybridized carbons (Fsp3) is 0.267. The molecule has 1 aliphatic heterocycles. The minimum atomic E-state index is -3.57. The van der Waals surface area contributed by atoms with Gasteiger partial charge in [-0.05, 0) is 35.9 Å². The number of benzene rings is 1. The van der Waals surface area contributed by atoms with Gasteiger partial charge in [-0.3, -0.25) is 4.98 Å². The van der Waals surface area contributed by atoms with Crippen molar-refractivity contribution in [2.75, 3.05) is 25.1 Å². The summed E-state index contributed by atoms with van der Waals surface area (Å²) in [5.41, 5.74) is 1.65. The number of hydrogen-bond donors (Lipinski definition) is 1. The molecule has 2 aromatic rings. The molecule has 7 heteroatoms. The van der Waals surface area contributed by atoms with E-state index < -0.39 is 10.0 Å². The SMILES string of the molecule is CN1CCOc2ccc(S(=O)(=O)NCc3ccncc3)cc21. The standard InChI is InChI=1S/C15H17N3O3S/c1-18-8-9-21-15-3-2-13(10-14(15)18)22(19,20)17-11-12-4-6-16-7-5-12/h2-7,10,17H,8-9,11H2,1H3. The summed E-state index contributed by atoms with van der Waals surface area (Å²) >= 11 is 0. The number of anilines is 1. The van der Waals surface area contributed by atoms with Crippen LogP contribution in [-0.2, 0) is 16.6 Å². The number of likely N-dealkylation sites (N-methyl/N-ethyl adjacent to an activating group) is 1. The van der Waals surface area contributed by atoms with E-state index in [0.29, 0.717) is 12.4 Å². The van der Waals surface area contributed by atoms with E-state index in [1.54, 1.807) is 42.7 Å². The van der Waals surface area contributed by atoms with Gasteiger partial charge in [-0.2, -0.15) is 0 Å². The molecule has 0 atom stereocenters. The average Bonchev–Trinajstić information content (AvgIpc) is 2.54. The van der Waals surface area contributed by atoms with E-state index in [1.165, 1.54) is 0 Å². The van der Waals surface area contributed by atoms with Crippen molar-refractivity contribution >= 4 is 15.7 Å². The summed E-state index contributed by atoms with van der Waals surface area (Å²) in [7, 11) is -1.65. The van der Waals surface area contributed by atoms with Crippen LogP contribution in [0.4, 0.5) is 5.69 Å². The fourth-order valence-electron chi connectivity index (χ4n) is 2.26. The van der Waals surface area contributed by atoms with Gasteiger partial charge in [-0.25, -0.2) is 13.1 Å². The van der Waals surface area contributed by atoms with Crippen molar-refractivity contribution in [3.05, 3.63) is 48.3 Å². The van der Waals surface area contributed by atoms with Gasteiger partial charge in [0.25, 0.3) is 0 Å². The van der Waals surface area contributed by atoms with Crippen molar-refractivity contribution in [1.82, 2.24) is 9.71 Å². The van der Waals surface area contributed by atoms with Gasteiger partial charge < -0.3 is 9.64 Å². The van der Waals surface area contributed by atoms with Gasteiger partial charge >= 0.3 is 0 Å². The Hall–Kier alpha value is -2.12. The van der Waals surface area contributed by atoms with E-state index in [1.807, 2.05) is 11.9 Å². The zero-order valence-electron chi connectivity index (χ0n) is 12.2. The molecule has 0 fully saturated rings. The molecule has 0 aliphatic carbocycles. The number of pyridine rings is 1. The quantitative estimate of drug-likeness (QED) is 0.922. The fourth-order valence-corrected chi connectivity index (χ4v) is 3.30. The summed E-state index contributed by atoms with van der Waals surface area (Å²) < 4.78 is 32.9. The smallest absolute Gasteiger partial charge is 0.240 e. The molecule has 116 valence electrons. The van der Waals surface area contributed by atoms with E-state index in [4.69, 9.17) is 4.74 Å². The van der Waals surface area contributed by atoms with Crippen molar-refractivity contribution < 1.29 is 13.2 Å². The maximum atomic E-state index is 12.4. The first-order chi connectivity index (χ1) is 10.6. The highest BCUT2D eigenvalue weighted by molar-refractivity contribution is 7.89. The van der Waals surface area contributed by atoms with Crippen LogP contribution in [0.2, 0.25) is 0 Å². The maximum Gasteiger partial charge on any atom is 0.240 e. The van der Waals surface area contributed by atoms with Crippen LogP contribution < -0.4 is 14.4 Å². The summed E-state index contributed by atoms with van der Waals surface area (Å²) in [4.78, 5) is 6.13. The summed E-state index contributed by atoms with van der Waals surface area (Å²) in [5, 5.41) is 0. The normalized spacial score (nSPS) is 14.3.